The van der Waals surface area contributed by atoms with Crippen molar-refractivity contribution in [2.75, 3.05) is 0 Å². The van der Waals surface area contributed by atoms with Gasteiger partial charge in [-0.05, 0) is 6.92 Å². The zero-order valence-electron chi connectivity index (χ0n) is 11.2. The Balaban J connectivity index is 0.000000659. The van der Waals surface area contributed by atoms with E-state index in [0.29, 0.717) is 15.3 Å². The molecule has 0 aliphatic heterocycles. The van der Waals surface area contributed by atoms with Crippen LogP contribution in [0.15, 0.2) is 12.4 Å². The van der Waals surface area contributed by atoms with Crippen molar-refractivity contribution in [2.24, 2.45) is 0 Å². The molecule has 0 fully saturated rings. The second-order valence-electron chi connectivity index (χ2n) is 2.61. The molecule has 0 aliphatic rings. The predicted molar refractivity (Wildman–Crippen MR) is 69.8 cm³/mol. The summed E-state index contributed by atoms with van der Waals surface area (Å²) in [7, 11) is 0. The van der Waals surface area contributed by atoms with Crippen molar-refractivity contribution in [2.45, 2.75) is 41.2 Å². The molecule has 0 amide bonds. The lowest BCUT2D eigenvalue weighted by Gasteiger charge is -1.94. The summed E-state index contributed by atoms with van der Waals surface area (Å²) in [5.74, 6) is 0. The fourth-order valence-corrected chi connectivity index (χ4v) is 1.63. The molecule has 18 heavy (non-hydrogen) atoms. The molecule has 0 saturated heterocycles. The lowest BCUT2D eigenvalue weighted by atomic mass is 10.4. The van der Waals surface area contributed by atoms with E-state index in [0.717, 1.165) is 5.01 Å². The Kier molecular flexibility index (Phi) is 8.02. The van der Waals surface area contributed by atoms with E-state index in [-0.39, 0.29) is 0 Å². The first-order chi connectivity index (χ1) is 8.66. The van der Waals surface area contributed by atoms with Gasteiger partial charge < -0.3 is 0 Å². The molecule has 102 valence electrons. The standard InChI is InChI=1S/C7H6F2N4S.2C2H6/c1-4-11-12-6(14-4)5-2-10-13(3-5)7(8)9;2*1-2/h2-3,7H,1H3;2*1-2H3. The van der Waals surface area contributed by atoms with Crippen LogP contribution in [-0.2, 0) is 0 Å². The lowest BCUT2D eigenvalue weighted by Crippen LogP contribution is -1.96. The van der Waals surface area contributed by atoms with Crippen LogP contribution in [0.3, 0.4) is 0 Å². The Bertz CT molecular complexity index is 440. The number of aromatic nitrogens is 4. The molecule has 2 rings (SSSR count). The highest BCUT2D eigenvalue weighted by atomic mass is 32.1. The third-order valence-corrected chi connectivity index (χ3v) is 2.46. The summed E-state index contributed by atoms with van der Waals surface area (Å²) < 4.78 is 24.9. The number of aryl methyl sites for hydroxylation is 1. The number of hydrogen-bond donors (Lipinski definition) is 0. The van der Waals surface area contributed by atoms with Crippen LogP contribution < -0.4 is 0 Å². The first-order valence-electron chi connectivity index (χ1n) is 5.79. The largest absolute Gasteiger partial charge is 0.333 e. The van der Waals surface area contributed by atoms with Crippen LogP contribution in [0.4, 0.5) is 8.78 Å². The summed E-state index contributed by atoms with van der Waals surface area (Å²) in [4.78, 5) is 0. The van der Waals surface area contributed by atoms with Gasteiger partial charge in [0.2, 0.25) is 0 Å². The maximum Gasteiger partial charge on any atom is 0.333 e. The van der Waals surface area contributed by atoms with Crippen molar-refractivity contribution in [3.63, 3.8) is 0 Å². The quantitative estimate of drug-likeness (QED) is 0.827. The van der Waals surface area contributed by atoms with Crippen LogP contribution in [-0.4, -0.2) is 20.0 Å². The molecular formula is C11H18F2N4S. The highest BCUT2D eigenvalue weighted by Gasteiger charge is 2.11. The average molecular weight is 276 g/mol. The molecule has 0 atom stereocenters. The van der Waals surface area contributed by atoms with Crippen molar-refractivity contribution >= 4 is 11.3 Å². The molecule has 0 aromatic carbocycles. The molecule has 2 aromatic heterocycles. The minimum atomic E-state index is -2.61. The zero-order chi connectivity index (χ0) is 14.1. The fraction of sp³-hybridized carbons (Fsp3) is 0.545. The lowest BCUT2D eigenvalue weighted by molar-refractivity contribution is 0.0566. The van der Waals surface area contributed by atoms with Gasteiger partial charge in [0, 0.05) is 6.20 Å². The van der Waals surface area contributed by atoms with Gasteiger partial charge in [0.05, 0.1) is 11.8 Å². The van der Waals surface area contributed by atoms with Crippen molar-refractivity contribution in [3.8, 4) is 10.6 Å². The molecule has 0 N–H and O–H groups in total. The van der Waals surface area contributed by atoms with Gasteiger partial charge in [-0.15, -0.1) is 10.2 Å². The Morgan fingerprint density at radius 3 is 2.17 bits per heavy atom. The van der Waals surface area contributed by atoms with Crippen molar-refractivity contribution in [1.82, 2.24) is 20.0 Å². The number of rotatable bonds is 2. The molecular weight excluding hydrogens is 258 g/mol. The van der Waals surface area contributed by atoms with E-state index in [2.05, 4.69) is 15.3 Å². The molecule has 0 bridgehead atoms. The van der Waals surface area contributed by atoms with Gasteiger partial charge in [0.1, 0.15) is 5.01 Å². The topological polar surface area (TPSA) is 43.6 Å². The number of nitrogens with zero attached hydrogens (tertiary/aromatic N) is 4. The van der Waals surface area contributed by atoms with Crippen LogP contribution in [0, 0.1) is 6.92 Å². The Morgan fingerprint density at radius 1 is 1.17 bits per heavy atom. The molecule has 0 spiro atoms. The first-order valence-corrected chi connectivity index (χ1v) is 6.61. The monoisotopic (exact) mass is 276 g/mol. The molecule has 0 saturated carbocycles. The second-order valence-corrected chi connectivity index (χ2v) is 3.79. The van der Waals surface area contributed by atoms with Crippen molar-refractivity contribution < 1.29 is 8.78 Å². The summed E-state index contributed by atoms with van der Waals surface area (Å²) in [6.45, 7) is 7.19. The Hall–Kier alpha value is -1.37. The summed E-state index contributed by atoms with van der Waals surface area (Å²) >= 11 is 1.35. The molecule has 2 heterocycles. The number of alkyl halides is 2. The number of halogens is 2. The van der Waals surface area contributed by atoms with Gasteiger partial charge in [-0.1, -0.05) is 39.0 Å². The van der Waals surface area contributed by atoms with Crippen LogP contribution >= 0.6 is 11.3 Å². The maximum atomic E-state index is 12.2. The smallest absolute Gasteiger partial charge is 0.211 e. The third kappa shape index (κ3) is 4.48. The third-order valence-electron chi connectivity index (χ3n) is 1.57. The molecule has 0 aliphatic carbocycles. The molecule has 4 nitrogen and oxygen atoms in total. The van der Waals surface area contributed by atoms with Crippen molar-refractivity contribution in [1.29, 1.82) is 0 Å². The second kappa shape index (κ2) is 8.68. The van der Waals surface area contributed by atoms with E-state index in [1.165, 1.54) is 23.7 Å². The molecule has 7 heteroatoms. The van der Waals surface area contributed by atoms with Gasteiger partial charge in [-0.25, -0.2) is 4.68 Å². The zero-order valence-corrected chi connectivity index (χ0v) is 12.0. The SMILES string of the molecule is CC.CC.Cc1nnc(-c2cnn(C(F)F)c2)s1. The van der Waals surface area contributed by atoms with Gasteiger partial charge in [-0.3, -0.25) is 0 Å². The summed E-state index contributed by atoms with van der Waals surface area (Å²) in [5.41, 5.74) is 0.566. The minimum Gasteiger partial charge on any atom is -0.211 e. The maximum absolute atomic E-state index is 12.2. The predicted octanol–water partition coefficient (Wildman–Crippen LogP) is 4.16. The van der Waals surface area contributed by atoms with E-state index in [1.54, 1.807) is 6.92 Å². The van der Waals surface area contributed by atoms with E-state index in [1.807, 2.05) is 27.7 Å². The minimum absolute atomic E-state index is 0.566. The number of hydrogen-bond acceptors (Lipinski definition) is 4. The summed E-state index contributed by atoms with van der Waals surface area (Å²) in [5, 5.41) is 12.5. The Morgan fingerprint density at radius 2 is 1.78 bits per heavy atom. The van der Waals surface area contributed by atoms with Crippen LogP contribution in [0.2, 0.25) is 0 Å². The first kappa shape index (κ1) is 16.6. The van der Waals surface area contributed by atoms with Gasteiger partial charge in [0.15, 0.2) is 5.01 Å². The van der Waals surface area contributed by atoms with E-state index < -0.39 is 6.55 Å². The van der Waals surface area contributed by atoms with Crippen LogP contribution in [0.5, 0.6) is 0 Å². The van der Waals surface area contributed by atoms with E-state index >= 15 is 0 Å². The fourth-order valence-electron chi connectivity index (χ4n) is 0.968. The molecule has 0 radical (unpaired) electrons. The average Bonchev–Trinajstić information content (AvgIpc) is 3.02. The van der Waals surface area contributed by atoms with Gasteiger partial charge >= 0.3 is 6.55 Å². The summed E-state index contributed by atoms with van der Waals surface area (Å²) in [6, 6.07) is 0. The van der Waals surface area contributed by atoms with Crippen molar-refractivity contribution in [3.05, 3.63) is 17.4 Å². The highest BCUT2D eigenvalue weighted by Crippen LogP contribution is 2.23. The van der Waals surface area contributed by atoms with E-state index in [9.17, 15) is 8.78 Å². The Labute approximate surface area is 110 Å². The van der Waals surface area contributed by atoms with Crippen LogP contribution in [0.25, 0.3) is 10.6 Å². The molecule has 2 aromatic rings. The van der Waals surface area contributed by atoms with Gasteiger partial charge in [-0.2, -0.15) is 13.9 Å². The van der Waals surface area contributed by atoms with E-state index in [4.69, 9.17) is 0 Å². The normalized spacial score (nSPS) is 9.33. The molecule has 0 unspecified atom stereocenters. The van der Waals surface area contributed by atoms with Gasteiger partial charge in [0.25, 0.3) is 0 Å². The highest BCUT2D eigenvalue weighted by molar-refractivity contribution is 7.14. The van der Waals surface area contributed by atoms with Crippen LogP contribution in [0.1, 0.15) is 39.3 Å². The summed E-state index contributed by atoms with van der Waals surface area (Å²) in [6.07, 6.45) is 2.61.